The van der Waals surface area contributed by atoms with Crippen LogP contribution in [0.5, 0.6) is 0 Å². The fraction of sp³-hybridized carbons (Fsp3) is 0.533. The van der Waals surface area contributed by atoms with Crippen molar-refractivity contribution in [2.24, 2.45) is 5.73 Å². The Morgan fingerprint density at radius 3 is 2.10 bits per heavy atom. The lowest BCUT2D eigenvalue weighted by molar-refractivity contribution is -0.118. The number of carbonyl (C=O) groups excluding carboxylic acids is 1. The van der Waals surface area contributed by atoms with E-state index in [4.69, 9.17) is 15.0 Å². The zero-order valence-corrected chi connectivity index (χ0v) is 12.6. The van der Waals surface area contributed by atoms with Crippen molar-refractivity contribution in [3.63, 3.8) is 0 Å². The average Bonchev–Trinajstić information content (AvgIpc) is 2.56. The summed E-state index contributed by atoms with van der Waals surface area (Å²) in [6.45, 7) is 8.00. The van der Waals surface area contributed by atoms with Gasteiger partial charge in [0.05, 0.1) is 11.2 Å². The normalized spacial score (nSPS) is 21.7. The van der Waals surface area contributed by atoms with E-state index >= 15 is 0 Å². The molecule has 1 aliphatic rings. The zero-order valence-electron chi connectivity index (χ0n) is 12.6. The topological polar surface area (TPSA) is 61.5 Å². The number of hydrogen-bond donors (Lipinski definition) is 1. The molecule has 0 aromatic heterocycles. The van der Waals surface area contributed by atoms with E-state index in [-0.39, 0.29) is 18.1 Å². The summed E-state index contributed by atoms with van der Waals surface area (Å²) in [4.78, 5) is 11.4. The van der Waals surface area contributed by atoms with Crippen molar-refractivity contribution in [2.45, 2.75) is 51.1 Å². The minimum absolute atomic E-state index is 0.185. The lowest BCUT2D eigenvalue weighted by Gasteiger charge is -2.32. The molecule has 1 aromatic rings. The third-order valence-corrected chi connectivity index (χ3v) is 4.25. The molecule has 1 unspecified atom stereocenters. The maximum absolute atomic E-state index is 11.4. The van der Waals surface area contributed by atoms with E-state index in [0.717, 1.165) is 5.56 Å². The highest BCUT2D eigenvalue weighted by Crippen LogP contribution is 2.41. The molecule has 0 saturated carbocycles. The largest absolute Gasteiger partial charge is 0.466 e. The second kappa shape index (κ2) is 5.22. The summed E-state index contributed by atoms with van der Waals surface area (Å²) < 4.78 is 12.1. The molecule has 108 valence electrons. The number of hydrogen-bond acceptors (Lipinski definition) is 3. The van der Waals surface area contributed by atoms with Crippen LogP contribution in [-0.2, 0) is 14.1 Å². The fourth-order valence-electron chi connectivity index (χ4n) is 2.34. The van der Waals surface area contributed by atoms with E-state index in [2.05, 4.69) is 0 Å². The second-order valence-electron chi connectivity index (χ2n) is 6.31. The molecule has 2 rings (SSSR count). The molecule has 1 aromatic carbocycles. The molecule has 0 bridgehead atoms. The minimum atomic E-state index is -0.463. The second-order valence-corrected chi connectivity index (χ2v) is 6.31. The molecule has 0 aliphatic carbocycles. The van der Waals surface area contributed by atoms with E-state index in [1.54, 1.807) is 0 Å². The van der Waals surface area contributed by atoms with Gasteiger partial charge < -0.3 is 15.0 Å². The third-order valence-electron chi connectivity index (χ3n) is 4.25. The van der Waals surface area contributed by atoms with Gasteiger partial charge >= 0.3 is 7.12 Å². The number of carbonyl (C=O) groups is 1. The van der Waals surface area contributed by atoms with Gasteiger partial charge in [0, 0.05) is 12.2 Å². The zero-order chi connectivity index (χ0) is 15.0. The van der Waals surface area contributed by atoms with Crippen LogP contribution in [0.3, 0.4) is 0 Å². The summed E-state index contributed by atoms with van der Waals surface area (Å²) in [5.41, 5.74) is 5.56. The summed E-state index contributed by atoms with van der Waals surface area (Å²) in [7, 11) is -0.463. The first-order valence-corrected chi connectivity index (χ1v) is 6.92. The van der Waals surface area contributed by atoms with Crippen molar-refractivity contribution in [3.8, 4) is 0 Å². The van der Waals surface area contributed by atoms with E-state index < -0.39 is 18.3 Å². The van der Waals surface area contributed by atoms with E-state index in [9.17, 15) is 4.79 Å². The molecule has 1 fully saturated rings. The number of rotatable bonds is 4. The number of primary amides is 1. The molecular weight excluding hydrogens is 253 g/mol. The van der Waals surface area contributed by atoms with Gasteiger partial charge in [0.25, 0.3) is 0 Å². The van der Waals surface area contributed by atoms with Crippen molar-refractivity contribution in [2.75, 3.05) is 0 Å². The molecular formula is C15H22BNO3. The number of nitrogens with two attached hydrogens (primary N) is 1. The van der Waals surface area contributed by atoms with Gasteiger partial charge in [-0.25, -0.2) is 0 Å². The van der Waals surface area contributed by atoms with Crippen LogP contribution in [0.25, 0.3) is 0 Å². The van der Waals surface area contributed by atoms with Gasteiger partial charge in [-0.05, 0) is 33.3 Å². The standard InChI is InChI=1S/C15H22BNO3/c1-14(2)15(3,4)20-16(19-14)12(10-13(17)18)11-8-6-5-7-9-11/h5-9,12H,10H2,1-4H3,(H2,17,18). The summed E-state index contributed by atoms with van der Waals surface area (Å²) >= 11 is 0. The average molecular weight is 275 g/mol. The number of amides is 1. The summed E-state index contributed by atoms with van der Waals surface area (Å²) in [6, 6.07) is 9.76. The third kappa shape index (κ3) is 2.89. The Kier molecular flexibility index (Phi) is 3.94. The van der Waals surface area contributed by atoms with Crippen LogP contribution in [0.15, 0.2) is 30.3 Å². The Morgan fingerprint density at radius 2 is 1.65 bits per heavy atom. The molecule has 1 saturated heterocycles. The fourth-order valence-corrected chi connectivity index (χ4v) is 2.34. The van der Waals surface area contributed by atoms with Crippen molar-refractivity contribution in [3.05, 3.63) is 35.9 Å². The predicted molar refractivity (Wildman–Crippen MR) is 79.1 cm³/mol. The van der Waals surface area contributed by atoms with Crippen LogP contribution in [0.2, 0.25) is 0 Å². The first kappa shape index (κ1) is 15.1. The Labute approximate surface area is 120 Å². The van der Waals surface area contributed by atoms with Crippen molar-refractivity contribution < 1.29 is 14.1 Å². The maximum Gasteiger partial charge on any atom is 0.466 e. The van der Waals surface area contributed by atoms with Gasteiger partial charge in [-0.2, -0.15) is 0 Å². The highest BCUT2D eigenvalue weighted by Gasteiger charge is 2.54. The van der Waals surface area contributed by atoms with Gasteiger partial charge in [0.15, 0.2) is 0 Å². The Bertz CT molecular complexity index is 471. The van der Waals surface area contributed by atoms with Crippen molar-refractivity contribution >= 4 is 13.0 Å². The smallest absolute Gasteiger partial charge is 0.403 e. The molecule has 1 amide bonds. The molecule has 4 nitrogen and oxygen atoms in total. The van der Waals surface area contributed by atoms with E-state index in [1.165, 1.54) is 0 Å². The Balaban J connectivity index is 2.28. The van der Waals surface area contributed by atoms with Crippen LogP contribution in [0.1, 0.15) is 45.5 Å². The van der Waals surface area contributed by atoms with E-state index in [0.29, 0.717) is 0 Å². The lowest BCUT2D eigenvalue weighted by Crippen LogP contribution is -2.41. The number of benzene rings is 1. The SMILES string of the molecule is CC1(C)OB(C(CC(N)=O)c2ccccc2)OC1(C)C. The van der Waals surface area contributed by atoms with Gasteiger partial charge in [0.1, 0.15) is 0 Å². The quantitative estimate of drug-likeness (QED) is 0.857. The van der Waals surface area contributed by atoms with Gasteiger partial charge in [-0.1, -0.05) is 30.3 Å². The predicted octanol–water partition coefficient (Wildman–Crippen LogP) is 2.28. The summed E-state index contributed by atoms with van der Waals surface area (Å²) in [6.07, 6.45) is 0.209. The van der Waals surface area contributed by atoms with Gasteiger partial charge in [0.2, 0.25) is 5.91 Å². The molecule has 0 spiro atoms. The molecule has 5 heteroatoms. The van der Waals surface area contributed by atoms with Crippen LogP contribution >= 0.6 is 0 Å². The lowest BCUT2D eigenvalue weighted by atomic mass is 9.66. The highest BCUT2D eigenvalue weighted by atomic mass is 16.7. The van der Waals surface area contributed by atoms with Crippen LogP contribution in [-0.4, -0.2) is 24.2 Å². The molecule has 1 atom stereocenters. The van der Waals surface area contributed by atoms with E-state index in [1.807, 2.05) is 58.0 Å². The molecule has 1 heterocycles. The first-order chi connectivity index (χ1) is 9.23. The van der Waals surface area contributed by atoms with Crippen LogP contribution in [0, 0.1) is 0 Å². The monoisotopic (exact) mass is 275 g/mol. The Morgan fingerprint density at radius 1 is 1.15 bits per heavy atom. The highest BCUT2D eigenvalue weighted by molar-refractivity contribution is 6.48. The molecule has 0 radical (unpaired) electrons. The molecule has 1 aliphatic heterocycles. The molecule has 2 N–H and O–H groups in total. The minimum Gasteiger partial charge on any atom is -0.403 e. The van der Waals surface area contributed by atoms with Crippen LogP contribution in [0.4, 0.5) is 0 Å². The Hall–Kier alpha value is -1.33. The van der Waals surface area contributed by atoms with Crippen LogP contribution < -0.4 is 5.73 Å². The van der Waals surface area contributed by atoms with Gasteiger partial charge in [-0.15, -0.1) is 0 Å². The maximum atomic E-state index is 11.4. The van der Waals surface area contributed by atoms with Gasteiger partial charge in [-0.3, -0.25) is 4.79 Å². The summed E-state index contributed by atoms with van der Waals surface area (Å²) in [5.74, 6) is -0.539. The van der Waals surface area contributed by atoms with Crippen molar-refractivity contribution in [1.29, 1.82) is 0 Å². The first-order valence-electron chi connectivity index (χ1n) is 6.92. The molecule has 20 heavy (non-hydrogen) atoms. The van der Waals surface area contributed by atoms with Crippen molar-refractivity contribution in [1.82, 2.24) is 0 Å². The summed E-state index contributed by atoms with van der Waals surface area (Å²) in [5, 5.41) is 0.